The van der Waals surface area contributed by atoms with Crippen LogP contribution < -0.4 is 5.32 Å². The van der Waals surface area contributed by atoms with Crippen molar-refractivity contribution in [3.8, 4) is 0 Å². The molecule has 1 aliphatic carbocycles. The summed E-state index contributed by atoms with van der Waals surface area (Å²) in [6, 6.07) is 0.687. The van der Waals surface area contributed by atoms with Crippen LogP contribution in [0.4, 0.5) is 0 Å². The molecule has 0 spiro atoms. The number of ether oxygens (including phenoxy) is 1. The summed E-state index contributed by atoms with van der Waals surface area (Å²) in [6.07, 6.45) is 4.08. The summed E-state index contributed by atoms with van der Waals surface area (Å²) in [5.74, 6) is 0.0363. The maximum absolute atomic E-state index is 11.9. The van der Waals surface area contributed by atoms with Crippen molar-refractivity contribution in [1.29, 1.82) is 0 Å². The zero-order chi connectivity index (χ0) is 15.4. The Morgan fingerprint density at radius 3 is 2.86 bits per heavy atom. The van der Waals surface area contributed by atoms with Crippen LogP contribution >= 0.6 is 11.3 Å². The topological polar surface area (TPSA) is 51.2 Å². The van der Waals surface area contributed by atoms with Crippen LogP contribution in [0, 0.1) is 19.8 Å². The lowest BCUT2D eigenvalue weighted by atomic mass is 9.85. The molecule has 0 bridgehead atoms. The highest BCUT2D eigenvalue weighted by atomic mass is 32.1. The number of aryl methyl sites for hydroxylation is 2. The highest BCUT2D eigenvalue weighted by Crippen LogP contribution is 2.29. The van der Waals surface area contributed by atoms with Crippen LogP contribution in [0.25, 0.3) is 0 Å². The van der Waals surface area contributed by atoms with Gasteiger partial charge in [-0.1, -0.05) is 6.42 Å². The minimum atomic E-state index is -0.0264. The van der Waals surface area contributed by atoms with Gasteiger partial charge in [-0.25, -0.2) is 4.98 Å². The average molecular weight is 310 g/mol. The van der Waals surface area contributed by atoms with E-state index in [1.54, 1.807) is 11.3 Å². The number of carbonyl (C=O) groups is 1. The third kappa shape index (κ3) is 4.27. The molecular formula is C16H26N2O2S. The van der Waals surface area contributed by atoms with Crippen LogP contribution in [0.2, 0.25) is 0 Å². The molecule has 0 aromatic carbocycles. The SMILES string of the molecule is CCOC(=O)C1CCCC(NC(C)c2sc(C)nc2C)C1. The lowest BCUT2D eigenvalue weighted by molar-refractivity contribution is -0.149. The molecule has 1 aromatic heterocycles. The van der Waals surface area contributed by atoms with E-state index in [-0.39, 0.29) is 11.9 Å². The molecule has 1 aliphatic rings. The molecule has 2 rings (SSSR count). The second-order valence-corrected chi connectivity index (χ2v) is 7.12. The zero-order valence-electron chi connectivity index (χ0n) is 13.4. The molecule has 1 heterocycles. The number of carbonyl (C=O) groups excluding carboxylic acids is 1. The van der Waals surface area contributed by atoms with Crippen LogP contribution in [0.5, 0.6) is 0 Å². The van der Waals surface area contributed by atoms with Gasteiger partial charge in [-0.3, -0.25) is 4.79 Å². The molecule has 4 nitrogen and oxygen atoms in total. The van der Waals surface area contributed by atoms with Crippen molar-refractivity contribution in [3.05, 3.63) is 15.6 Å². The van der Waals surface area contributed by atoms with E-state index in [1.165, 1.54) is 4.88 Å². The Morgan fingerprint density at radius 2 is 2.24 bits per heavy atom. The van der Waals surface area contributed by atoms with E-state index in [1.807, 2.05) is 13.8 Å². The first-order chi connectivity index (χ1) is 10.0. The maximum Gasteiger partial charge on any atom is 0.308 e. The van der Waals surface area contributed by atoms with E-state index < -0.39 is 0 Å². The van der Waals surface area contributed by atoms with Crippen molar-refractivity contribution in [2.75, 3.05) is 6.61 Å². The van der Waals surface area contributed by atoms with Gasteiger partial charge in [-0.05, 0) is 47.0 Å². The molecule has 0 radical (unpaired) electrons. The summed E-state index contributed by atoms with van der Waals surface area (Å²) in [6.45, 7) is 8.65. The van der Waals surface area contributed by atoms with Gasteiger partial charge in [0.2, 0.25) is 0 Å². The first kappa shape index (κ1) is 16.4. The van der Waals surface area contributed by atoms with Crippen LogP contribution in [-0.4, -0.2) is 23.6 Å². The first-order valence-electron chi connectivity index (χ1n) is 7.87. The molecule has 118 valence electrons. The smallest absolute Gasteiger partial charge is 0.308 e. The van der Waals surface area contributed by atoms with Crippen molar-refractivity contribution in [2.45, 2.75) is 65.5 Å². The fourth-order valence-electron chi connectivity index (χ4n) is 3.19. The molecule has 1 aromatic rings. The molecule has 1 saturated carbocycles. The zero-order valence-corrected chi connectivity index (χ0v) is 14.3. The van der Waals surface area contributed by atoms with Crippen molar-refractivity contribution in [3.63, 3.8) is 0 Å². The Hall–Kier alpha value is -0.940. The second kappa shape index (κ2) is 7.36. The highest BCUT2D eigenvalue weighted by Gasteiger charge is 2.29. The quantitative estimate of drug-likeness (QED) is 0.845. The number of esters is 1. The van der Waals surface area contributed by atoms with E-state index in [4.69, 9.17) is 4.74 Å². The lowest BCUT2D eigenvalue weighted by Crippen LogP contribution is -2.38. The van der Waals surface area contributed by atoms with E-state index in [0.29, 0.717) is 18.7 Å². The molecule has 1 N–H and O–H groups in total. The molecule has 0 saturated heterocycles. The monoisotopic (exact) mass is 310 g/mol. The Labute approximate surface area is 131 Å². The van der Waals surface area contributed by atoms with Gasteiger partial charge >= 0.3 is 5.97 Å². The molecular weight excluding hydrogens is 284 g/mol. The van der Waals surface area contributed by atoms with Crippen LogP contribution in [0.15, 0.2) is 0 Å². The summed E-state index contributed by atoms with van der Waals surface area (Å²) in [4.78, 5) is 17.7. The molecule has 0 aliphatic heterocycles. The molecule has 3 unspecified atom stereocenters. The Morgan fingerprint density at radius 1 is 1.48 bits per heavy atom. The van der Waals surface area contributed by atoms with Crippen molar-refractivity contribution in [1.82, 2.24) is 10.3 Å². The van der Waals surface area contributed by atoms with Crippen LogP contribution in [0.3, 0.4) is 0 Å². The predicted octanol–water partition coefficient (Wildman–Crippen LogP) is 3.53. The fourth-order valence-corrected chi connectivity index (χ4v) is 4.13. The second-order valence-electron chi connectivity index (χ2n) is 5.88. The predicted molar refractivity (Wildman–Crippen MR) is 85.5 cm³/mol. The number of thiazole rings is 1. The summed E-state index contributed by atoms with van der Waals surface area (Å²) in [5, 5.41) is 4.79. The van der Waals surface area contributed by atoms with E-state index in [0.717, 1.165) is 36.4 Å². The van der Waals surface area contributed by atoms with E-state index in [9.17, 15) is 4.79 Å². The average Bonchev–Trinajstić information content (AvgIpc) is 2.78. The number of hydrogen-bond donors (Lipinski definition) is 1. The number of hydrogen-bond acceptors (Lipinski definition) is 5. The largest absolute Gasteiger partial charge is 0.466 e. The van der Waals surface area contributed by atoms with Gasteiger partial charge < -0.3 is 10.1 Å². The number of rotatable bonds is 5. The van der Waals surface area contributed by atoms with Gasteiger partial charge in [-0.2, -0.15) is 0 Å². The summed E-state index contributed by atoms with van der Waals surface area (Å²) in [7, 11) is 0. The van der Waals surface area contributed by atoms with Crippen LogP contribution in [-0.2, 0) is 9.53 Å². The molecule has 5 heteroatoms. The van der Waals surface area contributed by atoms with E-state index in [2.05, 4.69) is 24.1 Å². The Kier molecular flexibility index (Phi) is 5.76. The minimum Gasteiger partial charge on any atom is -0.466 e. The number of nitrogens with one attached hydrogen (secondary N) is 1. The number of aromatic nitrogens is 1. The van der Waals surface area contributed by atoms with Gasteiger partial charge in [0.05, 0.1) is 23.2 Å². The Balaban J connectivity index is 1.93. The van der Waals surface area contributed by atoms with Gasteiger partial charge in [0.1, 0.15) is 0 Å². The molecule has 1 fully saturated rings. The molecule has 3 atom stereocenters. The fraction of sp³-hybridized carbons (Fsp3) is 0.750. The molecule has 0 amide bonds. The maximum atomic E-state index is 11.9. The normalized spacial score (nSPS) is 23.8. The summed E-state index contributed by atoms with van der Waals surface area (Å²) >= 11 is 1.76. The van der Waals surface area contributed by atoms with Gasteiger partial charge in [-0.15, -0.1) is 11.3 Å². The minimum absolute atomic E-state index is 0.0264. The standard InChI is InChI=1S/C16H26N2O2S/c1-5-20-16(19)13-7-6-8-14(9-13)18-11(3)15-10(2)17-12(4)21-15/h11,13-14,18H,5-9H2,1-4H3. The third-order valence-corrected chi connectivity index (χ3v) is 5.37. The molecule has 21 heavy (non-hydrogen) atoms. The van der Waals surface area contributed by atoms with Gasteiger partial charge in [0, 0.05) is 17.0 Å². The van der Waals surface area contributed by atoms with Crippen molar-refractivity contribution < 1.29 is 9.53 Å². The highest BCUT2D eigenvalue weighted by molar-refractivity contribution is 7.11. The first-order valence-corrected chi connectivity index (χ1v) is 8.69. The number of nitrogens with zero attached hydrogens (tertiary/aromatic N) is 1. The van der Waals surface area contributed by atoms with Gasteiger partial charge in [0.15, 0.2) is 0 Å². The Bertz CT molecular complexity index is 487. The van der Waals surface area contributed by atoms with E-state index >= 15 is 0 Å². The van der Waals surface area contributed by atoms with Crippen molar-refractivity contribution in [2.24, 2.45) is 5.92 Å². The van der Waals surface area contributed by atoms with Crippen LogP contribution in [0.1, 0.15) is 61.2 Å². The van der Waals surface area contributed by atoms with Crippen molar-refractivity contribution >= 4 is 17.3 Å². The summed E-state index contributed by atoms with van der Waals surface area (Å²) in [5.41, 5.74) is 1.12. The third-order valence-electron chi connectivity index (χ3n) is 4.11. The van der Waals surface area contributed by atoms with Gasteiger partial charge in [0.25, 0.3) is 0 Å². The lowest BCUT2D eigenvalue weighted by Gasteiger charge is -2.30. The summed E-state index contributed by atoms with van der Waals surface area (Å²) < 4.78 is 5.17.